The lowest BCUT2D eigenvalue weighted by Gasteiger charge is -2.01. The summed E-state index contributed by atoms with van der Waals surface area (Å²) in [5.74, 6) is -0.193. The Labute approximate surface area is 126 Å². The van der Waals surface area contributed by atoms with Crippen molar-refractivity contribution in [3.63, 3.8) is 0 Å². The SMILES string of the molecule is O=C(C=Cc1c(Cl)cccc1Cl)c1ccccc1Cl. The van der Waals surface area contributed by atoms with Crippen LogP contribution in [0.1, 0.15) is 15.9 Å². The summed E-state index contributed by atoms with van der Waals surface area (Å²) in [6, 6.07) is 12.1. The third-order valence-electron chi connectivity index (χ3n) is 2.54. The lowest BCUT2D eigenvalue weighted by atomic mass is 10.1. The van der Waals surface area contributed by atoms with Crippen LogP contribution in [0.4, 0.5) is 0 Å². The first-order valence-corrected chi connectivity index (χ1v) is 6.64. The van der Waals surface area contributed by atoms with Crippen molar-refractivity contribution in [2.45, 2.75) is 0 Å². The number of carbonyl (C=O) groups excluding carboxylic acids is 1. The van der Waals surface area contributed by atoms with E-state index in [9.17, 15) is 4.79 Å². The van der Waals surface area contributed by atoms with Gasteiger partial charge in [-0.1, -0.05) is 53.0 Å². The molecule has 0 N–H and O–H groups in total. The van der Waals surface area contributed by atoms with Gasteiger partial charge in [-0.05, 0) is 36.4 Å². The molecule has 0 bridgehead atoms. The molecule has 2 aromatic carbocycles. The molecule has 0 saturated heterocycles. The Bertz CT molecular complexity index is 627. The van der Waals surface area contributed by atoms with Crippen LogP contribution in [0.2, 0.25) is 15.1 Å². The molecule has 0 radical (unpaired) electrons. The number of allylic oxidation sites excluding steroid dienone is 1. The molecule has 4 heteroatoms. The zero-order chi connectivity index (χ0) is 13.8. The number of halogens is 3. The quantitative estimate of drug-likeness (QED) is 0.537. The van der Waals surface area contributed by atoms with Gasteiger partial charge in [0.25, 0.3) is 0 Å². The van der Waals surface area contributed by atoms with Gasteiger partial charge >= 0.3 is 0 Å². The summed E-state index contributed by atoms with van der Waals surface area (Å²) in [6.07, 6.45) is 3.00. The van der Waals surface area contributed by atoms with E-state index in [1.807, 2.05) is 0 Å². The van der Waals surface area contributed by atoms with Gasteiger partial charge in [0.15, 0.2) is 5.78 Å². The van der Waals surface area contributed by atoms with E-state index >= 15 is 0 Å². The predicted octanol–water partition coefficient (Wildman–Crippen LogP) is 5.54. The average Bonchev–Trinajstić information content (AvgIpc) is 2.38. The first kappa shape index (κ1) is 14.1. The molecule has 19 heavy (non-hydrogen) atoms. The van der Waals surface area contributed by atoms with Crippen LogP contribution >= 0.6 is 34.8 Å². The molecule has 0 aliphatic carbocycles. The second-order valence-electron chi connectivity index (χ2n) is 3.81. The standard InChI is InChI=1S/C15H9Cl3O/c16-12-6-3-7-13(17)10(12)8-9-15(19)11-4-1-2-5-14(11)18/h1-9H. The van der Waals surface area contributed by atoms with Crippen LogP contribution < -0.4 is 0 Å². The normalized spacial score (nSPS) is 10.9. The van der Waals surface area contributed by atoms with Crippen molar-refractivity contribution in [2.75, 3.05) is 0 Å². The molecule has 0 saturated carbocycles. The van der Waals surface area contributed by atoms with Gasteiger partial charge in [-0.3, -0.25) is 4.79 Å². The van der Waals surface area contributed by atoms with Crippen molar-refractivity contribution in [2.24, 2.45) is 0 Å². The summed E-state index contributed by atoms with van der Waals surface area (Å²) >= 11 is 18.0. The number of hydrogen-bond acceptors (Lipinski definition) is 1. The maximum Gasteiger partial charge on any atom is 0.187 e. The van der Waals surface area contributed by atoms with E-state index in [1.54, 1.807) is 48.5 Å². The van der Waals surface area contributed by atoms with Crippen LogP contribution in [0.25, 0.3) is 6.08 Å². The van der Waals surface area contributed by atoms with Crippen LogP contribution in [0.5, 0.6) is 0 Å². The highest BCUT2D eigenvalue weighted by atomic mass is 35.5. The summed E-state index contributed by atoms with van der Waals surface area (Å²) in [5, 5.41) is 1.41. The smallest absolute Gasteiger partial charge is 0.187 e. The van der Waals surface area contributed by atoms with Crippen LogP contribution in [0.3, 0.4) is 0 Å². The number of benzene rings is 2. The van der Waals surface area contributed by atoms with Gasteiger partial charge in [-0.15, -0.1) is 0 Å². The van der Waals surface area contributed by atoms with Crippen molar-refractivity contribution >= 4 is 46.7 Å². The zero-order valence-corrected chi connectivity index (χ0v) is 12.0. The van der Waals surface area contributed by atoms with Gasteiger partial charge in [0.2, 0.25) is 0 Å². The van der Waals surface area contributed by atoms with E-state index in [0.717, 1.165) is 0 Å². The lowest BCUT2D eigenvalue weighted by molar-refractivity contribution is 0.104. The summed E-state index contributed by atoms with van der Waals surface area (Å²) in [6.45, 7) is 0. The maximum absolute atomic E-state index is 12.0. The largest absolute Gasteiger partial charge is 0.289 e. The fourth-order valence-electron chi connectivity index (χ4n) is 1.58. The van der Waals surface area contributed by atoms with E-state index < -0.39 is 0 Å². The van der Waals surface area contributed by atoms with Crippen LogP contribution in [-0.2, 0) is 0 Å². The molecule has 2 rings (SSSR count). The Kier molecular flexibility index (Phi) is 4.65. The molecule has 0 aliphatic heterocycles. The van der Waals surface area contributed by atoms with Crippen LogP contribution in [0.15, 0.2) is 48.5 Å². The van der Waals surface area contributed by atoms with Gasteiger partial charge in [-0.25, -0.2) is 0 Å². The molecule has 1 nitrogen and oxygen atoms in total. The molecule has 0 unspecified atom stereocenters. The lowest BCUT2D eigenvalue weighted by Crippen LogP contribution is -1.94. The summed E-state index contributed by atoms with van der Waals surface area (Å²) in [4.78, 5) is 12.0. The van der Waals surface area contributed by atoms with Crippen molar-refractivity contribution < 1.29 is 4.79 Å². The average molecular weight is 312 g/mol. The van der Waals surface area contributed by atoms with E-state index in [-0.39, 0.29) is 5.78 Å². The first-order chi connectivity index (χ1) is 9.09. The second kappa shape index (κ2) is 6.25. The molecule has 0 atom stereocenters. The Hall–Kier alpha value is -1.28. The van der Waals surface area contributed by atoms with Gasteiger partial charge < -0.3 is 0 Å². The molecule has 0 amide bonds. The second-order valence-corrected chi connectivity index (χ2v) is 5.03. The van der Waals surface area contributed by atoms with Crippen molar-refractivity contribution in [1.82, 2.24) is 0 Å². The molecule has 0 fully saturated rings. The first-order valence-electron chi connectivity index (χ1n) is 5.50. The fourth-order valence-corrected chi connectivity index (χ4v) is 2.33. The monoisotopic (exact) mass is 310 g/mol. The van der Waals surface area contributed by atoms with E-state index in [1.165, 1.54) is 6.08 Å². The van der Waals surface area contributed by atoms with Gasteiger partial charge in [0.1, 0.15) is 0 Å². The Morgan fingerprint density at radius 1 is 0.842 bits per heavy atom. The summed E-state index contributed by atoms with van der Waals surface area (Å²) in [7, 11) is 0. The zero-order valence-electron chi connectivity index (χ0n) is 9.74. The number of ketones is 1. The van der Waals surface area contributed by atoms with E-state index in [2.05, 4.69) is 0 Å². The highest BCUT2D eigenvalue weighted by Crippen LogP contribution is 2.26. The third kappa shape index (κ3) is 3.38. The van der Waals surface area contributed by atoms with Gasteiger partial charge in [-0.2, -0.15) is 0 Å². The van der Waals surface area contributed by atoms with Gasteiger partial charge in [0, 0.05) is 21.2 Å². The molecular weight excluding hydrogens is 303 g/mol. The Balaban J connectivity index is 2.29. The van der Waals surface area contributed by atoms with Crippen molar-refractivity contribution in [1.29, 1.82) is 0 Å². The molecule has 96 valence electrons. The number of carbonyl (C=O) groups is 1. The highest BCUT2D eigenvalue weighted by molar-refractivity contribution is 6.37. The topological polar surface area (TPSA) is 17.1 Å². The minimum Gasteiger partial charge on any atom is -0.289 e. The predicted molar refractivity (Wildman–Crippen MR) is 81.3 cm³/mol. The minimum absolute atomic E-state index is 0.193. The Morgan fingerprint density at radius 2 is 1.42 bits per heavy atom. The van der Waals surface area contributed by atoms with Crippen LogP contribution in [0, 0.1) is 0 Å². The molecule has 2 aromatic rings. The fraction of sp³-hybridized carbons (Fsp3) is 0. The van der Waals surface area contributed by atoms with E-state index in [0.29, 0.717) is 26.2 Å². The Morgan fingerprint density at radius 3 is 2.05 bits per heavy atom. The minimum atomic E-state index is -0.193. The molecule has 0 heterocycles. The highest BCUT2D eigenvalue weighted by Gasteiger charge is 2.07. The maximum atomic E-state index is 12.0. The molecule has 0 aromatic heterocycles. The van der Waals surface area contributed by atoms with Crippen molar-refractivity contribution in [3.05, 3.63) is 74.7 Å². The third-order valence-corrected chi connectivity index (χ3v) is 3.53. The van der Waals surface area contributed by atoms with Crippen LogP contribution in [-0.4, -0.2) is 5.78 Å². The molecule has 0 aliphatic rings. The molecule has 0 spiro atoms. The molecular formula is C15H9Cl3O. The van der Waals surface area contributed by atoms with Crippen molar-refractivity contribution in [3.8, 4) is 0 Å². The van der Waals surface area contributed by atoms with Gasteiger partial charge in [0.05, 0.1) is 5.02 Å². The summed E-state index contributed by atoms with van der Waals surface area (Å²) in [5.41, 5.74) is 1.06. The number of rotatable bonds is 3. The van der Waals surface area contributed by atoms with E-state index in [4.69, 9.17) is 34.8 Å². The number of hydrogen-bond donors (Lipinski definition) is 0. The summed E-state index contributed by atoms with van der Waals surface area (Å²) < 4.78 is 0.